The molecule has 0 saturated carbocycles. The van der Waals surface area contributed by atoms with Gasteiger partial charge in [-0.3, -0.25) is 4.79 Å². The lowest BCUT2D eigenvalue weighted by molar-refractivity contribution is 0.0600. The lowest BCUT2D eigenvalue weighted by Gasteiger charge is -2.18. The van der Waals surface area contributed by atoms with E-state index in [0.29, 0.717) is 17.7 Å². The van der Waals surface area contributed by atoms with Gasteiger partial charge in [0.2, 0.25) is 0 Å². The van der Waals surface area contributed by atoms with Crippen molar-refractivity contribution in [3.05, 3.63) is 68.8 Å². The number of amides is 1. The molecule has 5 heteroatoms. The zero-order valence-corrected chi connectivity index (χ0v) is 14.5. The molecule has 0 saturated heterocycles. The van der Waals surface area contributed by atoms with Crippen LogP contribution in [0.1, 0.15) is 26.3 Å². The molecule has 0 fully saturated rings. The van der Waals surface area contributed by atoms with E-state index in [2.05, 4.69) is 27.3 Å². The summed E-state index contributed by atoms with van der Waals surface area (Å²) in [4.78, 5) is 25.5. The molecule has 0 heterocycles. The molecule has 0 aromatic heterocycles. The highest BCUT2D eigenvalue weighted by molar-refractivity contribution is 14.1. The fraction of sp³-hybridized carbons (Fsp3) is 0.176. The van der Waals surface area contributed by atoms with Crippen LogP contribution in [0.15, 0.2) is 48.5 Å². The van der Waals surface area contributed by atoms with Crippen LogP contribution in [0.5, 0.6) is 0 Å². The number of carbonyl (C=O) groups excluding carboxylic acids is 2. The normalized spacial score (nSPS) is 10.1. The minimum Gasteiger partial charge on any atom is -0.465 e. The van der Waals surface area contributed by atoms with Crippen LogP contribution in [0.4, 0.5) is 0 Å². The van der Waals surface area contributed by atoms with Gasteiger partial charge in [-0.15, -0.1) is 0 Å². The molecule has 0 atom stereocenters. The number of hydrogen-bond acceptors (Lipinski definition) is 3. The standard InChI is InChI=1S/C17H16INO3/c1-19(16(20)14-5-3-4-6-15(14)18)11-12-7-9-13(10-8-12)17(21)22-2/h3-10H,11H2,1-2H3. The van der Waals surface area contributed by atoms with Crippen LogP contribution in [-0.2, 0) is 11.3 Å². The Morgan fingerprint density at radius 1 is 1.09 bits per heavy atom. The van der Waals surface area contributed by atoms with Crippen LogP contribution < -0.4 is 0 Å². The van der Waals surface area contributed by atoms with Crippen molar-refractivity contribution in [2.45, 2.75) is 6.54 Å². The third-order valence-corrected chi connectivity index (χ3v) is 4.19. The molecule has 2 aromatic carbocycles. The molecule has 2 rings (SSSR count). The summed E-state index contributed by atoms with van der Waals surface area (Å²) < 4.78 is 5.59. The van der Waals surface area contributed by atoms with Crippen molar-refractivity contribution in [3.8, 4) is 0 Å². The van der Waals surface area contributed by atoms with Crippen LogP contribution >= 0.6 is 22.6 Å². The monoisotopic (exact) mass is 409 g/mol. The first-order chi connectivity index (χ1) is 10.5. The molecule has 0 unspecified atom stereocenters. The van der Waals surface area contributed by atoms with Crippen molar-refractivity contribution in [1.82, 2.24) is 4.90 Å². The van der Waals surface area contributed by atoms with E-state index < -0.39 is 0 Å². The van der Waals surface area contributed by atoms with E-state index in [1.807, 2.05) is 36.4 Å². The summed E-state index contributed by atoms with van der Waals surface area (Å²) in [6.45, 7) is 0.477. The van der Waals surface area contributed by atoms with E-state index in [1.54, 1.807) is 24.1 Å². The van der Waals surface area contributed by atoms with Crippen molar-refractivity contribution in [2.24, 2.45) is 0 Å². The summed E-state index contributed by atoms with van der Waals surface area (Å²) in [5.41, 5.74) is 2.14. The van der Waals surface area contributed by atoms with Crippen LogP contribution in [-0.4, -0.2) is 30.9 Å². The predicted molar refractivity (Wildman–Crippen MR) is 92.7 cm³/mol. The Balaban J connectivity index is 2.08. The Morgan fingerprint density at radius 2 is 1.73 bits per heavy atom. The quantitative estimate of drug-likeness (QED) is 0.575. The minimum absolute atomic E-state index is 0.0259. The van der Waals surface area contributed by atoms with Gasteiger partial charge in [0.1, 0.15) is 0 Å². The third kappa shape index (κ3) is 3.85. The topological polar surface area (TPSA) is 46.6 Å². The summed E-state index contributed by atoms with van der Waals surface area (Å²) in [5.74, 6) is -0.392. The second-order valence-corrected chi connectivity index (χ2v) is 5.99. The summed E-state index contributed by atoms with van der Waals surface area (Å²) in [7, 11) is 3.11. The van der Waals surface area contributed by atoms with E-state index in [-0.39, 0.29) is 11.9 Å². The molecule has 1 amide bonds. The van der Waals surface area contributed by atoms with Crippen LogP contribution in [0.3, 0.4) is 0 Å². The van der Waals surface area contributed by atoms with Gasteiger partial charge in [0.05, 0.1) is 18.2 Å². The Kier molecular flexibility index (Phi) is 5.54. The fourth-order valence-corrected chi connectivity index (χ4v) is 2.67. The van der Waals surface area contributed by atoms with Gasteiger partial charge in [-0.1, -0.05) is 24.3 Å². The van der Waals surface area contributed by atoms with E-state index >= 15 is 0 Å². The highest BCUT2D eigenvalue weighted by Crippen LogP contribution is 2.15. The molecule has 114 valence electrons. The predicted octanol–water partition coefficient (Wildman–Crippen LogP) is 3.35. The molecule has 0 spiro atoms. The fourth-order valence-electron chi connectivity index (χ4n) is 2.05. The molecule has 0 bridgehead atoms. The van der Waals surface area contributed by atoms with E-state index in [9.17, 15) is 9.59 Å². The van der Waals surface area contributed by atoms with Gasteiger partial charge < -0.3 is 9.64 Å². The molecule has 22 heavy (non-hydrogen) atoms. The molecule has 0 N–H and O–H groups in total. The molecule has 0 aliphatic rings. The third-order valence-electron chi connectivity index (χ3n) is 3.25. The molecule has 0 aliphatic heterocycles. The molecular weight excluding hydrogens is 393 g/mol. The number of ether oxygens (including phenoxy) is 1. The molecule has 4 nitrogen and oxygen atoms in total. The molecule has 0 aliphatic carbocycles. The number of rotatable bonds is 4. The van der Waals surface area contributed by atoms with Crippen LogP contribution in [0.2, 0.25) is 0 Å². The van der Waals surface area contributed by atoms with Gasteiger partial charge in [-0.05, 0) is 52.4 Å². The average Bonchev–Trinajstić information content (AvgIpc) is 2.54. The van der Waals surface area contributed by atoms with Crippen molar-refractivity contribution < 1.29 is 14.3 Å². The van der Waals surface area contributed by atoms with Crippen molar-refractivity contribution >= 4 is 34.5 Å². The van der Waals surface area contributed by atoms with Gasteiger partial charge in [-0.2, -0.15) is 0 Å². The summed E-state index contributed by atoms with van der Waals surface area (Å²) in [6, 6.07) is 14.5. The highest BCUT2D eigenvalue weighted by atomic mass is 127. The zero-order valence-electron chi connectivity index (χ0n) is 12.4. The lowest BCUT2D eigenvalue weighted by atomic mass is 10.1. The van der Waals surface area contributed by atoms with E-state index in [1.165, 1.54) is 7.11 Å². The highest BCUT2D eigenvalue weighted by Gasteiger charge is 2.14. The molecule has 0 radical (unpaired) electrons. The van der Waals surface area contributed by atoms with Crippen LogP contribution in [0.25, 0.3) is 0 Å². The minimum atomic E-state index is -0.366. The maximum absolute atomic E-state index is 12.4. The first-order valence-electron chi connectivity index (χ1n) is 6.70. The summed E-state index contributed by atoms with van der Waals surface area (Å²) >= 11 is 2.16. The Morgan fingerprint density at radius 3 is 2.32 bits per heavy atom. The average molecular weight is 409 g/mol. The van der Waals surface area contributed by atoms with Gasteiger partial charge in [0.15, 0.2) is 0 Å². The van der Waals surface area contributed by atoms with Crippen LogP contribution in [0, 0.1) is 3.57 Å². The van der Waals surface area contributed by atoms with E-state index in [0.717, 1.165) is 9.13 Å². The summed E-state index contributed by atoms with van der Waals surface area (Å²) in [5, 5.41) is 0. The van der Waals surface area contributed by atoms with Gasteiger partial charge in [0, 0.05) is 17.2 Å². The molecule has 2 aromatic rings. The Hall–Kier alpha value is -1.89. The SMILES string of the molecule is COC(=O)c1ccc(CN(C)C(=O)c2ccccc2I)cc1. The zero-order chi connectivity index (χ0) is 16.1. The Bertz CT molecular complexity index is 683. The maximum atomic E-state index is 12.4. The molecular formula is C17H16INO3. The smallest absolute Gasteiger partial charge is 0.337 e. The van der Waals surface area contributed by atoms with Crippen molar-refractivity contribution in [1.29, 1.82) is 0 Å². The van der Waals surface area contributed by atoms with Crippen molar-refractivity contribution in [3.63, 3.8) is 0 Å². The number of esters is 1. The second kappa shape index (κ2) is 7.40. The van der Waals surface area contributed by atoms with Gasteiger partial charge in [0.25, 0.3) is 5.91 Å². The first kappa shape index (κ1) is 16.5. The Labute approximate surface area is 143 Å². The number of nitrogens with zero attached hydrogens (tertiary/aromatic N) is 1. The first-order valence-corrected chi connectivity index (χ1v) is 7.78. The number of carbonyl (C=O) groups is 2. The summed E-state index contributed by atoms with van der Waals surface area (Å²) in [6.07, 6.45) is 0. The second-order valence-electron chi connectivity index (χ2n) is 4.83. The number of benzene rings is 2. The van der Waals surface area contributed by atoms with E-state index in [4.69, 9.17) is 0 Å². The number of hydrogen-bond donors (Lipinski definition) is 0. The van der Waals surface area contributed by atoms with Gasteiger partial charge >= 0.3 is 5.97 Å². The largest absolute Gasteiger partial charge is 0.465 e. The maximum Gasteiger partial charge on any atom is 0.337 e. The number of halogens is 1. The van der Waals surface area contributed by atoms with Gasteiger partial charge in [-0.25, -0.2) is 4.79 Å². The van der Waals surface area contributed by atoms with Crippen molar-refractivity contribution in [2.75, 3.05) is 14.2 Å². The number of methoxy groups -OCH3 is 1. The lowest BCUT2D eigenvalue weighted by Crippen LogP contribution is -2.26.